The van der Waals surface area contributed by atoms with E-state index >= 15 is 0 Å². The van der Waals surface area contributed by atoms with Crippen LogP contribution in [0, 0.1) is 0 Å². The third-order valence-corrected chi connectivity index (χ3v) is 3.96. The number of aromatic nitrogens is 3. The number of hydrogen-bond donors (Lipinski definition) is 2. The first-order chi connectivity index (χ1) is 10.7. The number of anilines is 1. The lowest BCUT2D eigenvalue weighted by atomic mass is 9.97. The van der Waals surface area contributed by atoms with Crippen LogP contribution in [-0.2, 0) is 12.6 Å². The van der Waals surface area contributed by atoms with Crippen LogP contribution in [0.4, 0.5) is 19.1 Å². The zero-order chi connectivity index (χ0) is 17.4. The van der Waals surface area contributed by atoms with Gasteiger partial charge in [-0.15, -0.1) is 17.7 Å². The van der Waals surface area contributed by atoms with Crippen molar-refractivity contribution in [2.75, 3.05) is 12.4 Å². The summed E-state index contributed by atoms with van der Waals surface area (Å²) in [7, 11) is 1.51. The zero-order valence-electron chi connectivity index (χ0n) is 13.4. The van der Waals surface area contributed by atoms with E-state index in [-0.39, 0.29) is 11.9 Å². The molecule has 0 aliphatic heterocycles. The number of hydrogen-bond acceptors (Lipinski definition) is 4. The van der Waals surface area contributed by atoms with Gasteiger partial charge in [-0.05, 0) is 29.5 Å². The van der Waals surface area contributed by atoms with Crippen molar-refractivity contribution in [1.82, 2.24) is 14.8 Å². The third kappa shape index (κ3) is 3.46. The molecule has 0 saturated carbocycles. The quantitative estimate of drug-likeness (QED) is 0.813. The summed E-state index contributed by atoms with van der Waals surface area (Å²) in [5.41, 5.74) is 2.49. The van der Waals surface area contributed by atoms with Crippen LogP contribution in [0.2, 0.25) is 0 Å². The Morgan fingerprint density at radius 1 is 1.30 bits per heavy atom. The number of rotatable bonds is 4. The zero-order valence-corrected chi connectivity index (χ0v) is 14.3. The Morgan fingerprint density at radius 3 is 2.43 bits per heavy atom. The molecule has 2 rings (SSSR count). The molecule has 0 fully saturated rings. The lowest BCUT2D eigenvalue weighted by molar-refractivity contribution is -0.144. The number of benzene rings is 1. The Balaban J connectivity index is 2.70. The van der Waals surface area contributed by atoms with Gasteiger partial charge in [0, 0.05) is 11.9 Å². The van der Waals surface area contributed by atoms with Crippen LogP contribution in [0.25, 0.3) is 5.69 Å². The molecular weight excluding hydrogens is 325 g/mol. The van der Waals surface area contributed by atoms with E-state index in [1.807, 2.05) is 26.8 Å². The summed E-state index contributed by atoms with van der Waals surface area (Å²) in [5, 5.41) is 6.31. The van der Waals surface area contributed by atoms with Crippen LogP contribution in [0.3, 0.4) is 0 Å². The summed E-state index contributed by atoms with van der Waals surface area (Å²) in [4.78, 5) is 4.26. The van der Waals surface area contributed by atoms with Gasteiger partial charge in [-0.2, -0.15) is 22.8 Å². The number of nitrogens with one attached hydrogen (secondary N) is 1. The van der Waals surface area contributed by atoms with Gasteiger partial charge in [0.25, 0.3) is 5.82 Å². The molecule has 0 aliphatic carbocycles. The van der Waals surface area contributed by atoms with E-state index in [1.54, 1.807) is 6.07 Å². The normalized spacial score (nSPS) is 12.0. The van der Waals surface area contributed by atoms with Crippen molar-refractivity contribution >= 4 is 18.6 Å². The minimum Gasteiger partial charge on any atom is -0.357 e. The predicted octanol–water partition coefficient (Wildman–Crippen LogP) is 4.30. The van der Waals surface area contributed by atoms with Crippen LogP contribution >= 0.6 is 12.6 Å². The van der Waals surface area contributed by atoms with Gasteiger partial charge in [0.1, 0.15) is 0 Å². The Kier molecular flexibility index (Phi) is 4.93. The van der Waals surface area contributed by atoms with E-state index in [0.717, 1.165) is 22.4 Å². The van der Waals surface area contributed by atoms with Gasteiger partial charge >= 0.3 is 6.18 Å². The second-order valence-corrected chi connectivity index (χ2v) is 5.95. The molecule has 0 saturated heterocycles. The number of alkyl halides is 3. The van der Waals surface area contributed by atoms with Crippen LogP contribution < -0.4 is 5.32 Å². The fourth-order valence-electron chi connectivity index (χ4n) is 2.33. The van der Waals surface area contributed by atoms with Gasteiger partial charge in [0.05, 0.1) is 5.69 Å². The lowest BCUT2D eigenvalue weighted by Crippen LogP contribution is -2.10. The number of thiol groups is 1. The predicted molar refractivity (Wildman–Crippen MR) is 86.6 cm³/mol. The Morgan fingerprint density at radius 2 is 1.96 bits per heavy atom. The van der Waals surface area contributed by atoms with Crippen molar-refractivity contribution in [1.29, 1.82) is 0 Å². The van der Waals surface area contributed by atoms with Crippen LogP contribution in [0.1, 0.15) is 43.6 Å². The highest BCUT2D eigenvalue weighted by Gasteiger charge is 2.37. The standard InChI is InChI=1S/C15H19F3N4S/c1-5-9-6-10(8(2)3)11(7-12(9)23)22-14(19-4)20-13(21-22)15(16,17)18/h6-8,23H,5H2,1-4H3,(H,19,20,21). The van der Waals surface area contributed by atoms with Crippen LogP contribution in [0.15, 0.2) is 17.0 Å². The summed E-state index contributed by atoms with van der Waals surface area (Å²) in [6.45, 7) is 5.98. The number of halogens is 3. The van der Waals surface area contributed by atoms with Crippen molar-refractivity contribution < 1.29 is 13.2 Å². The molecule has 23 heavy (non-hydrogen) atoms. The molecule has 126 valence electrons. The lowest BCUT2D eigenvalue weighted by Gasteiger charge is -2.17. The largest absolute Gasteiger partial charge is 0.453 e. The van der Waals surface area contributed by atoms with Gasteiger partial charge in [0.15, 0.2) is 0 Å². The van der Waals surface area contributed by atoms with E-state index in [0.29, 0.717) is 5.69 Å². The highest BCUT2D eigenvalue weighted by molar-refractivity contribution is 7.80. The van der Waals surface area contributed by atoms with Crippen LogP contribution in [0.5, 0.6) is 0 Å². The molecule has 4 nitrogen and oxygen atoms in total. The second kappa shape index (κ2) is 6.43. The minimum atomic E-state index is -4.60. The van der Waals surface area contributed by atoms with Gasteiger partial charge in [0.2, 0.25) is 5.95 Å². The monoisotopic (exact) mass is 344 g/mol. The summed E-state index contributed by atoms with van der Waals surface area (Å²) in [5.74, 6) is -1.01. The number of aryl methyl sites for hydroxylation is 1. The summed E-state index contributed by atoms with van der Waals surface area (Å²) in [6, 6.07) is 3.71. The maximum atomic E-state index is 12.9. The first-order valence-electron chi connectivity index (χ1n) is 7.27. The molecule has 1 N–H and O–H groups in total. The van der Waals surface area contributed by atoms with Crippen molar-refractivity contribution in [3.05, 3.63) is 29.1 Å². The fraction of sp³-hybridized carbons (Fsp3) is 0.467. The Bertz CT molecular complexity index is 707. The van der Waals surface area contributed by atoms with E-state index in [4.69, 9.17) is 0 Å². The Labute approximate surface area is 138 Å². The molecule has 8 heteroatoms. The second-order valence-electron chi connectivity index (χ2n) is 5.47. The topological polar surface area (TPSA) is 42.7 Å². The molecule has 0 spiro atoms. The molecule has 0 radical (unpaired) electrons. The molecule has 0 atom stereocenters. The smallest absolute Gasteiger partial charge is 0.357 e. The van der Waals surface area contributed by atoms with Crippen molar-refractivity contribution in [3.8, 4) is 5.69 Å². The molecule has 0 bridgehead atoms. The summed E-state index contributed by atoms with van der Waals surface area (Å²) < 4.78 is 39.9. The van der Waals surface area contributed by atoms with E-state index in [1.165, 1.54) is 11.7 Å². The highest BCUT2D eigenvalue weighted by atomic mass is 32.1. The highest BCUT2D eigenvalue weighted by Crippen LogP contribution is 2.33. The van der Waals surface area contributed by atoms with Gasteiger partial charge in [-0.3, -0.25) is 0 Å². The summed E-state index contributed by atoms with van der Waals surface area (Å²) in [6.07, 6.45) is -3.80. The minimum absolute atomic E-state index is 0.0382. The van der Waals surface area contributed by atoms with E-state index in [9.17, 15) is 13.2 Å². The SMILES string of the molecule is CCc1cc(C(C)C)c(-n2nc(C(F)(F)F)nc2NC)cc1S. The molecule has 2 aromatic rings. The van der Waals surface area contributed by atoms with Gasteiger partial charge in [-0.1, -0.05) is 26.8 Å². The molecule has 1 aromatic carbocycles. The van der Waals surface area contributed by atoms with E-state index < -0.39 is 12.0 Å². The first-order valence-corrected chi connectivity index (χ1v) is 7.71. The molecule has 1 heterocycles. The molecule has 0 amide bonds. The van der Waals surface area contributed by atoms with E-state index in [2.05, 4.69) is 28.0 Å². The first kappa shape index (κ1) is 17.7. The summed E-state index contributed by atoms with van der Waals surface area (Å²) >= 11 is 4.44. The van der Waals surface area contributed by atoms with Crippen LogP contribution in [-0.4, -0.2) is 21.8 Å². The molecular formula is C15H19F3N4S. The average Bonchev–Trinajstić information content (AvgIpc) is 2.90. The van der Waals surface area contributed by atoms with Crippen molar-refractivity contribution in [2.45, 2.75) is 44.2 Å². The van der Waals surface area contributed by atoms with Gasteiger partial charge < -0.3 is 5.32 Å². The average molecular weight is 344 g/mol. The van der Waals surface area contributed by atoms with Crippen molar-refractivity contribution in [3.63, 3.8) is 0 Å². The maximum Gasteiger partial charge on any atom is 0.453 e. The third-order valence-electron chi connectivity index (χ3n) is 3.54. The molecule has 1 aromatic heterocycles. The molecule has 0 aliphatic rings. The number of nitrogens with zero attached hydrogens (tertiary/aromatic N) is 3. The Hall–Kier alpha value is -1.70. The molecule has 0 unspecified atom stereocenters. The maximum absolute atomic E-state index is 12.9. The fourth-order valence-corrected chi connectivity index (χ4v) is 2.68. The van der Waals surface area contributed by atoms with Gasteiger partial charge in [-0.25, -0.2) is 0 Å². The van der Waals surface area contributed by atoms with Crippen molar-refractivity contribution in [2.24, 2.45) is 0 Å².